The summed E-state index contributed by atoms with van der Waals surface area (Å²) in [5.74, 6) is -3.46. The van der Waals surface area contributed by atoms with Crippen molar-refractivity contribution >= 4 is 40.6 Å². The van der Waals surface area contributed by atoms with Gasteiger partial charge in [0.05, 0.1) is 23.4 Å². The first-order valence-electron chi connectivity index (χ1n) is 11.2. The maximum Gasteiger partial charge on any atom is 0.319 e. The number of hydrogen-bond donors (Lipinski definition) is 0. The highest BCUT2D eigenvalue weighted by atomic mass is 35.5. The lowest BCUT2D eigenvalue weighted by molar-refractivity contribution is -0.142. The molecule has 2 amide bonds. The Kier molecular flexibility index (Phi) is 4.71. The fraction of sp³-hybridized carbons (Fsp3) is 0.179. The average molecular weight is 470 g/mol. The average Bonchev–Trinajstić information content (AvgIpc) is 3.10. The molecular weight excluding hydrogens is 450 g/mol. The molecule has 0 radical (unpaired) electrons. The SMILES string of the molecule is Cc1ccc2c(c1)OC(=O)[C@@H]1C2=C[C@H](c2ccccc2)[C@H]2C(=O)N(c3ccc(Cl)cc3)C(=O)[C@@H]12. The minimum absolute atomic E-state index is 0.316. The molecule has 168 valence electrons. The van der Waals surface area contributed by atoms with Gasteiger partial charge in [0.2, 0.25) is 11.8 Å². The van der Waals surface area contributed by atoms with Crippen LogP contribution in [0.2, 0.25) is 5.02 Å². The van der Waals surface area contributed by atoms with Crippen LogP contribution in [0.5, 0.6) is 5.75 Å². The Balaban J connectivity index is 1.55. The third-order valence-electron chi connectivity index (χ3n) is 7.02. The zero-order valence-electron chi connectivity index (χ0n) is 18.3. The molecular formula is C28H20ClNO4. The number of hydrogen-bond acceptors (Lipinski definition) is 4. The van der Waals surface area contributed by atoms with Gasteiger partial charge in [-0.05, 0) is 54.0 Å². The summed E-state index contributed by atoms with van der Waals surface area (Å²) >= 11 is 6.03. The molecule has 2 heterocycles. The number of fused-ring (bicyclic) bond motifs is 5. The van der Waals surface area contributed by atoms with Crippen LogP contribution in [0.4, 0.5) is 5.69 Å². The van der Waals surface area contributed by atoms with Gasteiger partial charge in [-0.15, -0.1) is 0 Å². The molecule has 0 aromatic heterocycles. The second-order valence-electron chi connectivity index (χ2n) is 9.00. The van der Waals surface area contributed by atoms with Crippen LogP contribution in [0.3, 0.4) is 0 Å². The molecule has 6 rings (SSSR count). The van der Waals surface area contributed by atoms with Crippen LogP contribution in [0.1, 0.15) is 22.6 Å². The fourth-order valence-corrected chi connectivity index (χ4v) is 5.64. The first-order valence-corrected chi connectivity index (χ1v) is 11.5. The molecule has 34 heavy (non-hydrogen) atoms. The maximum absolute atomic E-state index is 13.8. The number of anilines is 1. The molecule has 0 N–H and O–H groups in total. The zero-order chi connectivity index (χ0) is 23.6. The predicted molar refractivity (Wildman–Crippen MR) is 128 cm³/mol. The van der Waals surface area contributed by atoms with Crippen molar-refractivity contribution in [3.63, 3.8) is 0 Å². The first-order chi connectivity index (χ1) is 16.4. The van der Waals surface area contributed by atoms with E-state index in [-0.39, 0.29) is 17.7 Å². The van der Waals surface area contributed by atoms with E-state index in [1.165, 1.54) is 4.90 Å². The van der Waals surface area contributed by atoms with Gasteiger partial charge in [-0.1, -0.05) is 60.1 Å². The van der Waals surface area contributed by atoms with E-state index in [0.29, 0.717) is 16.5 Å². The third-order valence-corrected chi connectivity index (χ3v) is 7.27. The molecule has 5 nitrogen and oxygen atoms in total. The lowest BCUT2D eigenvalue weighted by atomic mass is 9.64. The summed E-state index contributed by atoms with van der Waals surface area (Å²) in [6.45, 7) is 1.93. The highest BCUT2D eigenvalue weighted by Gasteiger charge is 2.60. The number of esters is 1. The number of amides is 2. The van der Waals surface area contributed by atoms with Crippen molar-refractivity contribution in [3.8, 4) is 5.75 Å². The first kappa shape index (κ1) is 20.9. The molecule has 6 heteroatoms. The molecule has 1 fully saturated rings. The molecule has 0 saturated carbocycles. The Morgan fingerprint density at radius 3 is 2.29 bits per heavy atom. The van der Waals surface area contributed by atoms with Gasteiger partial charge in [0.25, 0.3) is 0 Å². The van der Waals surface area contributed by atoms with E-state index >= 15 is 0 Å². The van der Waals surface area contributed by atoms with Crippen LogP contribution in [-0.4, -0.2) is 17.8 Å². The van der Waals surface area contributed by atoms with E-state index in [1.54, 1.807) is 24.3 Å². The molecule has 0 spiro atoms. The van der Waals surface area contributed by atoms with Crippen LogP contribution in [-0.2, 0) is 14.4 Å². The Bertz CT molecular complexity index is 1380. The van der Waals surface area contributed by atoms with E-state index in [9.17, 15) is 14.4 Å². The number of allylic oxidation sites excluding steroid dienone is 1. The number of rotatable bonds is 2. The topological polar surface area (TPSA) is 63.7 Å². The van der Waals surface area contributed by atoms with Crippen molar-refractivity contribution in [2.75, 3.05) is 4.90 Å². The number of benzene rings is 3. The van der Waals surface area contributed by atoms with Gasteiger partial charge in [0.1, 0.15) is 5.75 Å². The highest BCUT2D eigenvalue weighted by Crippen LogP contribution is 2.54. The van der Waals surface area contributed by atoms with Crippen molar-refractivity contribution in [2.24, 2.45) is 17.8 Å². The summed E-state index contributed by atoms with van der Waals surface area (Å²) in [4.78, 5) is 42.1. The van der Waals surface area contributed by atoms with Gasteiger partial charge in [0, 0.05) is 16.5 Å². The molecule has 3 aliphatic rings. The number of ether oxygens (including phenoxy) is 1. The zero-order valence-corrected chi connectivity index (χ0v) is 19.0. The van der Waals surface area contributed by atoms with E-state index in [4.69, 9.17) is 16.3 Å². The second-order valence-corrected chi connectivity index (χ2v) is 9.43. The van der Waals surface area contributed by atoms with Crippen LogP contribution >= 0.6 is 11.6 Å². The van der Waals surface area contributed by atoms with Gasteiger partial charge in [-0.25, -0.2) is 4.90 Å². The minimum atomic E-state index is -0.852. The smallest absolute Gasteiger partial charge is 0.319 e. The van der Waals surface area contributed by atoms with Gasteiger partial charge in [0.15, 0.2) is 0 Å². The lowest BCUT2D eigenvalue weighted by Gasteiger charge is -2.38. The number of aryl methyl sites for hydroxylation is 1. The van der Waals surface area contributed by atoms with E-state index in [1.807, 2.05) is 61.5 Å². The van der Waals surface area contributed by atoms with Crippen molar-refractivity contribution in [1.82, 2.24) is 0 Å². The summed E-state index contributed by atoms with van der Waals surface area (Å²) in [7, 11) is 0. The summed E-state index contributed by atoms with van der Waals surface area (Å²) < 4.78 is 5.69. The monoisotopic (exact) mass is 469 g/mol. The number of halogens is 1. The molecule has 2 aliphatic heterocycles. The lowest BCUT2D eigenvalue weighted by Crippen LogP contribution is -2.42. The fourth-order valence-electron chi connectivity index (χ4n) is 5.51. The van der Waals surface area contributed by atoms with Crippen molar-refractivity contribution in [1.29, 1.82) is 0 Å². The van der Waals surface area contributed by atoms with E-state index in [2.05, 4.69) is 0 Å². The molecule has 4 atom stereocenters. The van der Waals surface area contributed by atoms with Crippen molar-refractivity contribution < 1.29 is 19.1 Å². The van der Waals surface area contributed by atoms with Gasteiger partial charge >= 0.3 is 5.97 Å². The van der Waals surface area contributed by atoms with Crippen molar-refractivity contribution in [3.05, 3.63) is 101 Å². The largest absolute Gasteiger partial charge is 0.425 e. The summed E-state index contributed by atoms with van der Waals surface area (Å²) in [6.07, 6.45) is 1.99. The number of carbonyl (C=O) groups excluding carboxylic acids is 3. The number of nitrogens with zero attached hydrogens (tertiary/aromatic N) is 1. The van der Waals surface area contributed by atoms with Crippen LogP contribution in [0.15, 0.2) is 78.9 Å². The summed E-state index contributed by atoms with van der Waals surface area (Å²) in [5.41, 5.74) is 3.89. The Labute approximate surface area is 201 Å². The van der Waals surface area contributed by atoms with E-state index in [0.717, 1.165) is 22.3 Å². The molecule has 1 aliphatic carbocycles. The molecule has 0 bridgehead atoms. The number of imide groups is 1. The standard InChI is InChI=1S/C28H20ClNO4/c1-15-7-12-19-21-14-20(16-5-3-2-4-6-16)23-25(24(21)28(33)34-22(19)13-15)27(32)30(26(23)31)18-10-8-17(29)9-11-18/h2-14,20,23-25H,1H3/t20-,23-,24-,25-/m1/s1. The highest BCUT2D eigenvalue weighted by molar-refractivity contribution is 6.31. The predicted octanol–water partition coefficient (Wildman–Crippen LogP) is 5.17. The summed E-state index contributed by atoms with van der Waals surface area (Å²) in [6, 6.07) is 22.0. The van der Waals surface area contributed by atoms with Gasteiger partial charge in [-0.2, -0.15) is 0 Å². The Morgan fingerprint density at radius 2 is 1.56 bits per heavy atom. The molecule has 1 saturated heterocycles. The van der Waals surface area contributed by atoms with Gasteiger partial charge in [-0.3, -0.25) is 14.4 Å². The third kappa shape index (κ3) is 3.04. The maximum atomic E-state index is 13.8. The quantitative estimate of drug-likeness (QED) is 0.295. The Hall–Kier alpha value is -3.70. The van der Waals surface area contributed by atoms with Crippen LogP contribution < -0.4 is 9.64 Å². The molecule has 3 aromatic carbocycles. The summed E-state index contributed by atoms with van der Waals surface area (Å²) in [5, 5.41) is 0.508. The molecule has 3 aromatic rings. The molecule has 0 unspecified atom stereocenters. The Morgan fingerprint density at radius 1 is 0.853 bits per heavy atom. The van der Waals surface area contributed by atoms with Gasteiger partial charge < -0.3 is 4.74 Å². The normalized spacial score (nSPS) is 25.3. The van der Waals surface area contributed by atoms with Crippen LogP contribution in [0.25, 0.3) is 5.57 Å². The van der Waals surface area contributed by atoms with Crippen LogP contribution in [0, 0.1) is 24.7 Å². The van der Waals surface area contributed by atoms with E-state index < -0.39 is 23.7 Å². The number of carbonyl (C=O) groups is 3. The second kappa shape index (κ2) is 7.67. The minimum Gasteiger partial charge on any atom is -0.425 e. The van der Waals surface area contributed by atoms with Crippen molar-refractivity contribution in [2.45, 2.75) is 12.8 Å².